The topological polar surface area (TPSA) is 33.2 Å². The lowest BCUT2D eigenvalue weighted by molar-refractivity contribution is -0.122. The van der Waals surface area contributed by atoms with Crippen LogP contribution in [0.5, 0.6) is 0 Å². The number of anilines is 1. The van der Waals surface area contributed by atoms with Crippen LogP contribution >= 0.6 is 11.6 Å². The predicted octanol–water partition coefficient (Wildman–Crippen LogP) is 6.41. The molecule has 3 nitrogen and oxygen atoms in total. The fourth-order valence-corrected chi connectivity index (χ4v) is 3.98. The van der Waals surface area contributed by atoms with Crippen molar-refractivity contribution < 1.29 is 9.18 Å². The number of carbonyl (C=O) groups is 1. The highest BCUT2D eigenvalue weighted by molar-refractivity contribution is 6.29. The summed E-state index contributed by atoms with van der Waals surface area (Å²) in [6, 6.07) is 12.5. The lowest BCUT2D eigenvalue weighted by Gasteiger charge is -2.31. The molecule has 0 N–H and O–H groups in total. The highest BCUT2D eigenvalue weighted by Crippen LogP contribution is 2.36. The van der Waals surface area contributed by atoms with Gasteiger partial charge in [0.1, 0.15) is 11.0 Å². The average Bonchev–Trinajstić information content (AvgIpc) is 2.66. The van der Waals surface area contributed by atoms with Gasteiger partial charge in [-0.25, -0.2) is 9.37 Å². The van der Waals surface area contributed by atoms with Crippen molar-refractivity contribution in [3.8, 4) is 11.1 Å². The molecule has 1 aromatic heterocycles. The fourth-order valence-electron chi connectivity index (χ4n) is 3.82. The minimum atomic E-state index is -0.750. The highest BCUT2D eigenvalue weighted by atomic mass is 35.5. The van der Waals surface area contributed by atoms with Gasteiger partial charge in [-0.3, -0.25) is 4.79 Å². The average molecular weight is 425 g/mol. The Bertz CT molecular complexity index is 1100. The van der Waals surface area contributed by atoms with Crippen LogP contribution in [-0.2, 0) is 10.2 Å². The second-order valence-corrected chi connectivity index (χ2v) is 8.74. The molecule has 156 valence electrons. The Kier molecular flexibility index (Phi) is 6.00. The molecular weight excluding hydrogens is 399 g/mol. The van der Waals surface area contributed by atoms with Crippen LogP contribution in [0.2, 0.25) is 5.15 Å². The maximum Gasteiger partial charge on any atom is 0.236 e. The third-order valence-electron chi connectivity index (χ3n) is 5.47. The Morgan fingerprint density at radius 1 is 1.00 bits per heavy atom. The number of carbonyl (C=O) groups excluding carboxylic acids is 1. The molecule has 0 unspecified atom stereocenters. The van der Waals surface area contributed by atoms with Crippen molar-refractivity contribution in [2.24, 2.45) is 0 Å². The van der Waals surface area contributed by atoms with E-state index >= 15 is 0 Å². The van der Waals surface area contributed by atoms with Gasteiger partial charge < -0.3 is 4.90 Å². The number of aryl methyl sites for hydroxylation is 3. The lowest BCUT2D eigenvalue weighted by Crippen LogP contribution is -2.41. The maximum absolute atomic E-state index is 13.6. The number of likely N-dealkylation sites (N-methyl/N-ethyl adjacent to an activating group) is 1. The van der Waals surface area contributed by atoms with E-state index < -0.39 is 5.41 Å². The Morgan fingerprint density at radius 2 is 1.63 bits per heavy atom. The molecule has 30 heavy (non-hydrogen) atoms. The number of pyridine rings is 1. The van der Waals surface area contributed by atoms with Gasteiger partial charge in [0, 0.05) is 12.6 Å². The van der Waals surface area contributed by atoms with Crippen molar-refractivity contribution in [2.45, 2.75) is 40.0 Å². The zero-order valence-corrected chi connectivity index (χ0v) is 18.9. The first-order chi connectivity index (χ1) is 14.0. The van der Waals surface area contributed by atoms with Crippen LogP contribution in [0, 0.1) is 26.6 Å². The SMILES string of the molecule is Cc1cc(C)cc(C(C)(C)C(=O)N(C)c2cnc(Cl)cc2-c2ccc(F)cc2C)c1. The van der Waals surface area contributed by atoms with E-state index in [0.717, 1.165) is 33.4 Å². The second-order valence-electron chi connectivity index (χ2n) is 8.35. The summed E-state index contributed by atoms with van der Waals surface area (Å²) in [5.74, 6) is -0.379. The lowest BCUT2D eigenvalue weighted by atomic mass is 9.81. The number of aromatic nitrogens is 1. The number of rotatable bonds is 4. The van der Waals surface area contributed by atoms with Gasteiger partial charge in [0.25, 0.3) is 0 Å². The monoisotopic (exact) mass is 424 g/mol. The van der Waals surface area contributed by atoms with E-state index in [1.807, 2.05) is 46.8 Å². The van der Waals surface area contributed by atoms with Crippen LogP contribution in [0.4, 0.5) is 10.1 Å². The van der Waals surface area contributed by atoms with E-state index in [0.29, 0.717) is 10.8 Å². The molecule has 1 amide bonds. The minimum Gasteiger partial charge on any atom is -0.313 e. The Hall–Kier alpha value is -2.72. The summed E-state index contributed by atoms with van der Waals surface area (Å²) in [5, 5.41) is 0.312. The van der Waals surface area contributed by atoms with Gasteiger partial charge >= 0.3 is 0 Å². The van der Waals surface area contributed by atoms with Crippen molar-refractivity contribution >= 4 is 23.2 Å². The van der Waals surface area contributed by atoms with Crippen molar-refractivity contribution in [3.05, 3.63) is 81.9 Å². The first-order valence-electron chi connectivity index (χ1n) is 9.79. The Balaban J connectivity index is 2.08. The molecule has 0 aliphatic heterocycles. The molecule has 0 spiro atoms. The maximum atomic E-state index is 13.6. The minimum absolute atomic E-state index is 0.0716. The molecule has 0 atom stereocenters. The number of nitrogens with zero attached hydrogens (tertiary/aromatic N) is 2. The third-order valence-corrected chi connectivity index (χ3v) is 5.68. The number of amides is 1. The van der Waals surface area contributed by atoms with E-state index in [4.69, 9.17) is 11.6 Å². The van der Waals surface area contributed by atoms with Gasteiger partial charge in [0.05, 0.1) is 17.3 Å². The molecule has 0 radical (unpaired) electrons. The van der Waals surface area contributed by atoms with Crippen LogP contribution in [0.1, 0.15) is 36.1 Å². The van der Waals surface area contributed by atoms with E-state index in [1.54, 1.807) is 30.3 Å². The van der Waals surface area contributed by atoms with Gasteiger partial charge in [0.2, 0.25) is 5.91 Å². The molecule has 0 aliphatic carbocycles. The Morgan fingerprint density at radius 3 is 2.23 bits per heavy atom. The van der Waals surface area contributed by atoms with Crippen LogP contribution in [-0.4, -0.2) is 17.9 Å². The third kappa shape index (κ3) is 4.24. The van der Waals surface area contributed by atoms with Gasteiger partial charge in [-0.15, -0.1) is 0 Å². The van der Waals surface area contributed by atoms with Crippen molar-refractivity contribution in [2.75, 3.05) is 11.9 Å². The standard InChI is InChI=1S/C25H26ClFN2O/c1-15-9-16(2)11-18(10-15)25(4,5)24(30)29(6)22-14-28-23(26)13-21(22)20-8-7-19(27)12-17(20)3/h7-14H,1-6H3. The van der Waals surface area contributed by atoms with Crippen molar-refractivity contribution in [1.82, 2.24) is 4.98 Å². The van der Waals surface area contributed by atoms with Gasteiger partial charge in [-0.1, -0.05) is 47.0 Å². The summed E-state index contributed by atoms with van der Waals surface area (Å²) in [4.78, 5) is 19.4. The van der Waals surface area contributed by atoms with E-state index in [-0.39, 0.29) is 11.7 Å². The summed E-state index contributed by atoms with van der Waals surface area (Å²) < 4.78 is 13.6. The van der Waals surface area contributed by atoms with Crippen LogP contribution in [0.25, 0.3) is 11.1 Å². The first-order valence-corrected chi connectivity index (χ1v) is 10.2. The number of hydrogen-bond donors (Lipinski definition) is 0. The molecule has 3 aromatic rings. The molecule has 0 fully saturated rings. The first kappa shape index (κ1) is 22.0. The van der Waals surface area contributed by atoms with E-state index in [9.17, 15) is 9.18 Å². The van der Waals surface area contributed by atoms with Gasteiger partial charge in [0.15, 0.2) is 0 Å². The largest absolute Gasteiger partial charge is 0.313 e. The molecule has 3 rings (SSSR count). The molecule has 2 aromatic carbocycles. The number of halogens is 2. The second kappa shape index (κ2) is 8.19. The smallest absolute Gasteiger partial charge is 0.236 e. The van der Waals surface area contributed by atoms with Crippen molar-refractivity contribution in [3.63, 3.8) is 0 Å². The molecule has 5 heteroatoms. The van der Waals surface area contributed by atoms with Gasteiger partial charge in [-0.05, 0) is 69.5 Å². The summed E-state index contributed by atoms with van der Waals surface area (Å²) in [6.07, 6.45) is 1.59. The molecule has 1 heterocycles. The zero-order valence-electron chi connectivity index (χ0n) is 18.2. The highest BCUT2D eigenvalue weighted by Gasteiger charge is 2.34. The molecule has 0 aliphatic rings. The van der Waals surface area contributed by atoms with Crippen molar-refractivity contribution in [1.29, 1.82) is 0 Å². The van der Waals surface area contributed by atoms with Crippen LogP contribution in [0.15, 0.2) is 48.7 Å². The molecule has 0 saturated carbocycles. The summed E-state index contributed by atoms with van der Waals surface area (Å²) in [6.45, 7) is 9.73. The van der Waals surface area contributed by atoms with Gasteiger partial charge in [-0.2, -0.15) is 0 Å². The molecule has 0 saturated heterocycles. The number of hydrogen-bond acceptors (Lipinski definition) is 2. The zero-order chi connectivity index (χ0) is 22.2. The van der Waals surface area contributed by atoms with Crippen LogP contribution in [0.3, 0.4) is 0 Å². The Labute approximate surface area is 182 Å². The predicted molar refractivity (Wildman–Crippen MR) is 122 cm³/mol. The van der Waals surface area contributed by atoms with E-state index in [1.165, 1.54) is 12.1 Å². The molecular formula is C25H26ClFN2O. The quantitative estimate of drug-likeness (QED) is 0.453. The fraction of sp³-hybridized carbons (Fsp3) is 0.280. The molecule has 0 bridgehead atoms. The summed E-state index contributed by atoms with van der Waals surface area (Å²) >= 11 is 6.17. The number of benzene rings is 2. The normalized spacial score (nSPS) is 11.5. The van der Waals surface area contributed by atoms with E-state index in [2.05, 4.69) is 11.1 Å². The summed E-state index contributed by atoms with van der Waals surface area (Å²) in [7, 11) is 1.74. The van der Waals surface area contributed by atoms with Crippen LogP contribution < -0.4 is 4.90 Å². The summed E-state index contributed by atoms with van der Waals surface area (Å²) in [5.41, 5.74) is 5.36.